The van der Waals surface area contributed by atoms with Crippen molar-refractivity contribution in [2.24, 2.45) is 5.73 Å². The predicted octanol–water partition coefficient (Wildman–Crippen LogP) is 2.03. The van der Waals surface area contributed by atoms with Crippen molar-refractivity contribution in [3.63, 3.8) is 0 Å². The summed E-state index contributed by atoms with van der Waals surface area (Å²) in [4.78, 5) is 10.2. The van der Waals surface area contributed by atoms with Gasteiger partial charge in [0.1, 0.15) is 0 Å². The van der Waals surface area contributed by atoms with Crippen LogP contribution in [0, 0.1) is 10.1 Å². The summed E-state index contributed by atoms with van der Waals surface area (Å²) in [5.41, 5.74) is 6.29. The molecule has 1 aromatic carbocycles. The van der Waals surface area contributed by atoms with Gasteiger partial charge in [0.05, 0.1) is 11.5 Å². The summed E-state index contributed by atoms with van der Waals surface area (Å²) in [6, 6.07) is 2.52. The van der Waals surface area contributed by atoms with E-state index < -0.39 is 4.92 Å². The molecule has 0 radical (unpaired) electrons. The maximum Gasteiger partial charge on any atom is 0.311 e. The highest BCUT2D eigenvalue weighted by Gasteiger charge is 2.28. The standard InChI is InChI=1S/C9H9ClN2O3/c10-5-1-2-7(12(13)14)9-8(5)6(11)3-4-15-9/h1-2,6H,3-4,11H2/t6-/m1/s1. The van der Waals surface area contributed by atoms with Gasteiger partial charge < -0.3 is 10.5 Å². The normalized spacial score (nSPS) is 19.2. The molecule has 5 nitrogen and oxygen atoms in total. The molecule has 0 spiro atoms. The third-order valence-electron chi connectivity index (χ3n) is 2.36. The molecule has 0 fully saturated rings. The molecule has 0 aromatic heterocycles. The fraction of sp³-hybridized carbons (Fsp3) is 0.333. The number of fused-ring (bicyclic) bond motifs is 1. The number of hydrogen-bond acceptors (Lipinski definition) is 4. The van der Waals surface area contributed by atoms with E-state index in [4.69, 9.17) is 22.1 Å². The van der Waals surface area contributed by atoms with Gasteiger partial charge in [0.25, 0.3) is 0 Å². The van der Waals surface area contributed by atoms with Crippen LogP contribution in [0.25, 0.3) is 0 Å². The molecule has 0 aliphatic carbocycles. The van der Waals surface area contributed by atoms with Crippen molar-refractivity contribution in [2.45, 2.75) is 12.5 Å². The maximum atomic E-state index is 10.7. The van der Waals surface area contributed by atoms with Gasteiger partial charge >= 0.3 is 5.69 Å². The molecule has 1 aliphatic rings. The minimum absolute atomic E-state index is 0.0791. The average molecular weight is 229 g/mol. The molecule has 1 heterocycles. The van der Waals surface area contributed by atoms with Crippen LogP contribution in [-0.4, -0.2) is 11.5 Å². The summed E-state index contributed by atoms with van der Waals surface area (Å²) in [6.07, 6.45) is 0.619. The van der Waals surface area contributed by atoms with Gasteiger partial charge in [-0.2, -0.15) is 0 Å². The lowest BCUT2D eigenvalue weighted by atomic mass is 10.0. The van der Waals surface area contributed by atoms with Crippen LogP contribution in [0.3, 0.4) is 0 Å². The average Bonchev–Trinajstić information content (AvgIpc) is 2.17. The molecule has 0 saturated heterocycles. The Morgan fingerprint density at radius 2 is 2.33 bits per heavy atom. The smallest absolute Gasteiger partial charge is 0.311 e. The molecule has 1 atom stereocenters. The molecule has 1 aromatic rings. The second-order valence-electron chi connectivity index (χ2n) is 3.31. The van der Waals surface area contributed by atoms with Crippen molar-refractivity contribution < 1.29 is 9.66 Å². The monoisotopic (exact) mass is 228 g/mol. The first-order valence-electron chi connectivity index (χ1n) is 4.46. The van der Waals surface area contributed by atoms with Crippen LogP contribution < -0.4 is 10.5 Å². The van der Waals surface area contributed by atoms with E-state index in [0.717, 1.165) is 0 Å². The van der Waals surface area contributed by atoms with Crippen LogP contribution in [0.1, 0.15) is 18.0 Å². The first-order chi connectivity index (χ1) is 7.11. The van der Waals surface area contributed by atoms with Crippen molar-refractivity contribution in [1.82, 2.24) is 0 Å². The molecule has 0 bridgehead atoms. The van der Waals surface area contributed by atoms with Gasteiger partial charge in [-0.1, -0.05) is 11.6 Å². The lowest BCUT2D eigenvalue weighted by Gasteiger charge is -2.23. The molecular formula is C9H9ClN2O3. The molecule has 0 amide bonds. The van der Waals surface area contributed by atoms with E-state index >= 15 is 0 Å². The number of rotatable bonds is 1. The quantitative estimate of drug-likeness (QED) is 0.589. The second kappa shape index (κ2) is 3.67. The van der Waals surface area contributed by atoms with Gasteiger partial charge in [0.15, 0.2) is 0 Å². The molecule has 2 N–H and O–H groups in total. The molecule has 2 rings (SSSR count). The number of halogens is 1. The van der Waals surface area contributed by atoms with Gasteiger partial charge in [0.2, 0.25) is 5.75 Å². The fourth-order valence-electron chi connectivity index (χ4n) is 1.64. The first kappa shape index (κ1) is 10.2. The number of nitro benzene ring substituents is 1. The Kier molecular flexibility index (Phi) is 2.50. The van der Waals surface area contributed by atoms with Crippen molar-refractivity contribution in [2.75, 3.05) is 6.61 Å². The lowest BCUT2D eigenvalue weighted by Crippen LogP contribution is -2.21. The number of nitro groups is 1. The summed E-state index contributed by atoms with van der Waals surface area (Å²) in [6.45, 7) is 0.384. The summed E-state index contributed by atoms with van der Waals surface area (Å²) in [7, 11) is 0. The van der Waals surface area contributed by atoms with Crippen LogP contribution in [0.15, 0.2) is 12.1 Å². The number of benzene rings is 1. The van der Waals surface area contributed by atoms with Crippen LogP contribution in [0.5, 0.6) is 5.75 Å². The Morgan fingerprint density at radius 3 is 3.00 bits per heavy atom. The highest BCUT2D eigenvalue weighted by Crippen LogP contribution is 2.42. The number of nitrogens with two attached hydrogens (primary N) is 1. The van der Waals surface area contributed by atoms with E-state index in [2.05, 4.69) is 0 Å². The van der Waals surface area contributed by atoms with E-state index in [1.165, 1.54) is 12.1 Å². The van der Waals surface area contributed by atoms with Crippen LogP contribution in [0.2, 0.25) is 5.02 Å². The Morgan fingerprint density at radius 1 is 1.60 bits per heavy atom. The molecule has 0 saturated carbocycles. The van der Waals surface area contributed by atoms with Crippen LogP contribution >= 0.6 is 11.6 Å². The third-order valence-corrected chi connectivity index (χ3v) is 2.69. The molecule has 0 unspecified atom stereocenters. The Labute approximate surface area is 90.9 Å². The van der Waals surface area contributed by atoms with Crippen molar-refractivity contribution in [1.29, 1.82) is 0 Å². The summed E-state index contributed by atoms with van der Waals surface area (Å²) in [5, 5.41) is 11.2. The number of ether oxygens (including phenoxy) is 1. The zero-order chi connectivity index (χ0) is 11.0. The van der Waals surface area contributed by atoms with E-state index in [-0.39, 0.29) is 17.5 Å². The summed E-state index contributed by atoms with van der Waals surface area (Å²) >= 11 is 5.93. The molecule has 1 aliphatic heterocycles. The molecule has 80 valence electrons. The molecular weight excluding hydrogens is 220 g/mol. The van der Waals surface area contributed by atoms with E-state index in [1.807, 2.05) is 0 Å². The van der Waals surface area contributed by atoms with Gasteiger partial charge in [-0.3, -0.25) is 10.1 Å². The zero-order valence-corrected chi connectivity index (χ0v) is 8.53. The largest absolute Gasteiger partial charge is 0.486 e. The van der Waals surface area contributed by atoms with Gasteiger partial charge in [-0.15, -0.1) is 0 Å². The van der Waals surface area contributed by atoms with E-state index in [1.54, 1.807) is 0 Å². The predicted molar refractivity (Wildman–Crippen MR) is 55.1 cm³/mol. The highest BCUT2D eigenvalue weighted by atomic mass is 35.5. The van der Waals surface area contributed by atoms with Crippen LogP contribution in [-0.2, 0) is 0 Å². The van der Waals surface area contributed by atoms with Gasteiger partial charge in [0, 0.05) is 29.1 Å². The SMILES string of the molecule is N[C@@H]1CCOc2c([N+](=O)[O-])ccc(Cl)c21. The lowest BCUT2D eigenvalue weighted by molar-refractivity contribution is -0.386. The van der Waals surface area contributed by atoms with E-state index in [0.29, 0.717) is 23.6 Å². The summed E-state index contributed by atoms with van der Waals surface area (Å²) in [5.74, 6) is 0.214. The van der Waals surface area contributed by atoms with Crippen LogP contribution in [0.4, 0.5) is 5.69 Å². The zero-order valence-electron chi connectivity index (χ0n) is 7.77. The maximum absolute atomic E-state index is 10.7. The Bertz CT molecular complexity index is 422. The van der Waals surface area contributed by atoms with E-state index in [9.17, 15) is 10.1 Å². The number of hydrogen-bond donors (Lipinski definition) is 1. The van der Waals surface area contributed by atoms with Gasteiger partial charge in [-0.25, -0.2) is 0 Å². The van der Waals surface area contributed by atoms with Crippen molar-refractivity contribution in [3.05, 3.63) is 32.8 Å². The summed E-state index contributed by atoms with van der Waals surface area (Å²) < 4.78 is 5.26. The molecule has 6 heteroatoms. The van der Waals surface area contributed by atoms with Gasteiger partial charge in [-0.05, 0) is 6.07 Å². The second-order valence-corrected chi connectivity index (χ2v) is 3.72. The first-order valence-corrected chi connectivity index (χ1v) is 4.84. The van der Waals surface area contributed by atoms with Crippen molar-refractivity contribution >= 4 is 17.3 Å². The fourth-order valence-corrected chi connectivity index (χ4v) is 1.93. The topological polar surface area (TPSA) is 78.4 Å². The number of nitrogens with zero attached hydrogens (tertiary/aromatic N) is 1. The Hall–Kier alpha value is -1.33. The Balaban J connectivity index is 2.63. The molecule has 15 heavy (non-hydrogen) atoms. The highest BCUT2D eigenvalue weighted by molar-refractivity contribution is 6.31. The third kappa shape index (κ3) is 1.64. The van der Waals surface area contributed by atoms with Crippen molar-refractivity contribution in [3.8, 4) is 5.75 Å². The minimum Gasteiger partial charge on any atom is -0.486 e. The minimum atomic E-state index is -0.493.